The van der Waals surface area contributed by atoms with Crippen molar-refractivity contribution in [1.82, 2.24) is 27.4 Å². The number of para-hydroxylation sites is 11. The van der Waals surface area contributed by atoms with E-state index in [1.165, 1.54) is 70.5 Å². The molecule has 0 saturated heterocycles. The van der Waals surface area contributed by atoms with Gasteiger partial charge in [0.2, 0.25) is 0 Å². The number of benzene rings is 19. The Bertz CT molecular complexity index is 8640. The van der Waals surface area contributed by atoms with Gasteiger partial charge in [-0.2, -0.15) is 0 Å². The van der Waals surface area contributed by atoms with E-state index in [1.807, 2.05) is 115 Å². The average Bonchev–Trinajstić information content (AvgIpc) is 1.24. The monoisotopic (exact) mass is 1640 g/mol. The lowest BCUT2D eigenvalue weighted by atomic mass is 9.99. The third-order valence-corrected chi connectivity index (χ3v) is 25.5. The number of carbonyl (C=O) groups excluding carboxylic acids is 2. The molecule has 0 amide bonds. The van der Waals surface area contributed by atoms with Crippen LogP contribution >= 0.6 is 0 Å². The maximum Gasteiger partial charge on any atom is 0.193 e. The molecule has 26 rings (SSSR count). The molecule has 0 atom stereocenters. The maximum atomic E-state index is 13.7. The van der Waals surface area contributed by atoms with Gasteiger partial charge in [0.1, 0.15) is 0 Å². The minimum absolute atomic E-state index is 0.0220. The molecule has 1 aliphatic heterocycles. The average molecular weight is 1640 g/mol. The maximum absolute atomic E-state index is 13.7. The standard InChI is InChI=1S/C44H30N4.2C37H24N2O/c1-3-14-31(15-4-1)45-29-28-37-38(45)27-26-36-35-20-7-8-21-39(35)48(44(36)37)34-19-13-18-33(30-34)47-42-24-11-9-22-40(42)46(32-16-5-2-6-17-32)41-23-10-12-25-43(41)47;40-37(28-18-17-25-9-4-5-10-26(25)23-28)27-11-8-14-30(24-27)39-35-16-7-6-15-31(35)32-19-20-34-33(36(32)39)21-22-38(34)29-12-2-1-3-13-29;40-37(28-15-14-25-8-4-5-9-27(25)24-28)26-16-18-30(19-17-26)39-35-13-7-6-12-31(35)32-20-21-34-33(36(32)39)22-23-38(34)29-10-2-1-3-11-29/h1-30H;2*1-24H. The van der Waals surface area contributed by atoms with Crippen molar-refractivity contribution in [1.29, 1.82) is 0 Å². The Morgan fingerprint density at radius 2 is 0.469 bits per heavy atom. The van der Waals surface area contributed by atoms with Crippen molar-refractivity contribution in [3.8, 4) is 34.1 Å². The highest BCUT2D eigenvalue weighted by Gasteiger charge is 2.31. The Morgan fingerprint density at radius 3 is 0.891 bits per heavy atom. The second-order valence-corrected chi connectivity index (χ2v) is 32.7. The molecule has 0 N–H and O–H groups in total. The first-order chi connectivity index (χ1) is 63.4. The smallest absolute Gasteiger partial charge is 0.193 e. The number of carbonyl (C=O) groups is 2. The highest BCUT2D eigenvalue weighted by Crippen LogP contribution is 2.55. The number of rotatable bonds is 12. The molecule has 25 aromatic rings. The molecule has 0 unspecified atom stereocenters. The van der Waals surface area contributed by atoms with E-state index in [0.29, 0.717) is 22.3 Å². The number of anilines is 6. The summed E-state index contributed by atoms with van der Waals surface area (Å²) in [4.78, 5) is 31.9. The van der Waals surface area contributed by atoms with E-state index in [4.69, 9.17) is 0 Å². The fourth-order valence-electron chi connectivity index (χ4n) is 19.7. The van der Waals surface area contributed by atoms with E-state index in [2.05, 4.69) is 396 Å². The molecule has 6 aromatic heterocycles. The second-order valence-electron chi connectivity index (χ2n) is 32.7. The van der Waals surface area contributed by atoms with Crippen LogP contribution in [0.5, 0.6) is 0 Å². The lowest BCUT2D eigenvalue weighted by molar-refractivity contribution is 0.103. The first-order valence-electron chi connectivity index (χ1n) is 43.4. The van der Waals surface area contributed by atoms with Crippen molar-refractivity contribution in [2.75, 3.05) is 9.80 Å². The third-order valence-electron chi connectivity index (χ3n) is 25.5. The van der Waals surface area contributed by atoms with Crippen LogP contribution in [0.3, 0.4) is 0 Å². The fraction of sp³-hybridized carbons (Fsp3) is 0. The molecule has 10 nitrogen and oxygen atoms in total. The molecule has 19 aromatic carbocycles. The summed E-state index contributed by atoms with van der Waals surface area (Å²) in [6.07, 6.45) is 6.48. The van der Waals surface area contributed by atoms with E-state index >= 15 is 0 Å². The van der Waals surface area contributed by atoms with Crippen LogP contribution < -0.4 is 9.80 Å². The van der Waals surface area contributed by atoms with Gasteiger partial charge in [-0.25, -0.2) is 0 Å². The van der Waals surface area contributed by atoms with Crippen molar-refractivity contribution in [2.45, 2.75) is 0 Å². The van der Waals surface area contributed by atoms with Crippen LogP contribution in [0.15, 0.2) is 474 Å². The van der Waals surface area contributed by atoms with Crippen molar-refractivity contribution in [3.05, 3.63) is 496 Å². The minimum Gasteiger partial charge on any atom is -0.316 e. The summed E-state index contributed by atoms with van der Waals surface area (Å²) in [6, 6.07) is 159. The van der Waals surface area contributed by atoms with Gasteiger partial charge in [0.15, 0.2) is 11.6 Å². The summed E-state index contributed by atoms with van der Waals surface area (Å²) in [5, 5.41) is 15.3. The van der Waals surface area contributed by atoms with Gasteiger partial charge in [0.05, 0.1) is 72.4 Å². The molecular weight excluding hydrogens is 1560 g/mol. The quantitative estimate of drug-likeness (QED) is 0.114. The van der Waals surface area contributed by atoms with E-state index in [0.717, 1.165) is 117 Å². The lowest BCUT2D eigenvalue weighted by Crippen LogP contribution is -2.23. The summed E-state index contributed by atoms with van der Waals surface area (Å²) in [6.45, 7) is 0. The van der Waals surface area contributed by atoms with Crippen LogP contribution in [0.2, 0.25) is 0 Å². The molecule has 0 aliphatic carbocycles. The Kier molecular flexibility index (Phi) is 18.0. The minimum atomic E-state index is 0.0220. The number of nitrogens with zero attached hydrogens (tertiary/aromatic N) is 8. The van der Waals surface area contributed by atoms with E-state index < -0.39 is 0 Å². The molecule has 7 heterocycles. The molecule has 128 heavy (non-hydrogen) atoms. The first kappa shape index (κ1) is 74.5. The molecule has 0 radical (unpaired) electrons. The molecule has 0 fully saturated rings. The predicted octanol–water partition coefficient (Wildman–Crippen LogP) is 30.2. The third kappa shape index (κ3) is 12.5. The zero-order chi connectivity index (χ0) is 84.9. The van der Waals surface area contributed by atoms with Crippen LogP contribution in [-0.4, -0.2) is 39.0 Å². The zero-order valence-corrected chi connectivity index (χ0v) is 69.4. The Hall–Kier alpha value is -17.3. The van der Waals surface area contributed by atoms with Crippen LogP contribution in [-0.2, 0) is 0 Å². The van der Waals surface area contributed by atoms with Crippen molar-refractivity contribution in [2.24, 2.45) is 0 Å². The molecule has 1 aliphatic rings. The lowest BCUT2D eigenvalue weighted by Gasteiger charge is -2.40. The molecule has 10 heteroatoms. The highest BCUT2D eigenvalue weighted by atomic mass is 16.1. The van der Waals surface area contributed by atoms with Gasteiger partial charge in [-0.1, -0.05) is 261 Å². The van der Waals surface area contributed by atoms with Crippen LogP contribution in [0.1, 0.15) is 31.8 Å². The van der Waals surface area contributed by atoms with Gasteiger partial charge < -0.3 is 37.2 Å². The summed E-state index contributed by atoms with van der Waals surface area (Å²) in [7, 11) is 0. The van der Waals surface area contributed by atoms with Crippen LogP contribution in [0.4, 0.5) is 34.1 Å². The molecule has 0 bridgehead atoms. The van der Waals surface area contributed by atoms with Gasteiger partial charge in [0, 0.05) is 135 Å². The zero-order valence-electron chi connectivity index (χ0n) is 69.4. The molecular formula is C118H78N8O2. The van der Waals surface area contributed by atoms with Gasteiger partial charge in [-0.15, -0.1) is 0 Å². The first-order valence-corrected chi connectivity index (χ1v) is 43.4. The number of aromatic nitrogens is 6. The Labute approximate surface area is 737 Å². The highest BCUT2D eigenvalue weighted by molar-refractivity contribution is 6.22. The number of fused-ring (bicyclic) bond motifs is 19. The van der Waals surface area contributed by atoms with Crippen molar-refractivity contribution >= 4 is 165 Å². The molecule has 0 spiro atoms. The predicted molar refractivity (Wildman–Crippen MR) is 531 cm³/mol. The van der Waals surface area contributed by atoms with Crippen LogP contribution in [0.25, 0.3) is 154 Å². The number of hydrogen-bond donors (Lipinski definition) is 0. The SMILES string of the molecule is O=C(c1ccc(-n2c3ccccc3c3ccc4c(ccn4-c4ccccc4)c32)cc1)c1ccc2ccccc2c1.O=C(c1cccc(-n2c3ccccc3c3ccc4c(ccn4-c4ccccc4)c32)c1)c1ccc2ccccc2c1.c1ccc(N2c3ccccc3N(c3cccc(-n4c5ccccc5c5ccc6c(ccn6-c6ccccc6)c54)c3)c3ccccc32)cc1. The second kappa shape index (κ2) is 30.9. The number of ketones is 2. The van der Waals surface area contributed by atoms with Gasteiger partial charge >= 0.3 is 0 Å². The van der Waals surface area contributed by atoms with Crippen molar-refractivity contribution in [3.63, 3.8) is 0 Å². The summed E-state index contributed by atoms with van der Waals surface area (Å²) >= 11 is 0. The van der Waals surface area contributed by atoms with Gasteiger partial charge in [-0.3, -0.25) is 9.59 Å². The normalized spacial score (nSPS) is 11.9. The fourth-order valence-corrected chi connectivity index (χ4v) is 19.7. The van der Waals surface area contributed by atoms with Gasteiger partial charge in [0.25, 0.3) is 0 Å². The molecule has 602 valence electrons. The Morgan fingerprint density at radius 1 is 0.164 bits per heavy atom. The van der Waals surface area contributed by atoms with E-state index in [1.54, 1.807) is 0 Å². The van der Waals surface area contributed by atoms with Gasteiger partial charge in [-0.05, 0) is 216 Å². The summed E-state index contributed by atoms with van der Waals surface area (Å²) in [5.41, 5.74) is 26.6. The largest absolute Gasteiger partial charge is 0.316 e. The summed E-state index contributed by atoms with van der Waals surface area (Å²) < 4.78 is 13.8. The number of hydrogen-bond acceptors (Lipinski definition) is 4. The Balaban J connectivity index is 0.000000108. The summed E-state index contributed by atoms with van der Waals surface area (Å²) in [5.74, 6) is 0.0515. The van der Waals surface area contributed by atoms with E-state index in [9.17, 15) is 9.59 Å². The molecule has 0 saturated carbocycles. The van der Waals surface area contributed by atoms with Crippen molar-refractivity contribution < 1.29 is 9.59 Å². The topological polar surface area (TPSA) is 70.2 Å². The van der Waals surface area contributed by atoms with Crippen LogP contribution in [0, 0.1) is 0 Å². The van der Waals surface area contributed by atoms with E-state index in [-0.39, 0.29) is 11.6 Å².